The molecule has 30 heavy (non-hydrogen) atoms. The topological polar surface area (TPSA) is 100 Å². The Kier molecular flexibility index (Phi) is 4.86. The number of aromatic nitrogens is 4. The van der Waals surface area contributed by atoms with Gasteiger partial charge < -0.3 is 0 Å². The van der Waals surface area contributed by atoms with Gasteiger partial charge in [0.25, 0.3) is 21.4 Å². The first-order valence-corrected chi connectivity index (χ1v) is 10.5. The molecule has 0 aliphatic carbocycles. The number of aryl methyl sites for hydroxylation is 2. The summed E-state index contributed by atoms with van der Waals surface area (Å²) >= 11 is 0. The first-order valence-electron chi connectivity index (χ1n) is 9.04. The molecule has 0 aliphatic rings. The number of sulfonamides is 1. The number of rotatable bonds is 5. The van der Waals surface area contributed by atoms with Crippen molar-refractivity contribution in [3.63, 3.8) is 0 Å². The number of H-pyrrole nitrogens is 1. The van der Waals surface area contributed by atoms with Crippen LogP contribution < -0.4 is 9.86 Å². The van der Waals surface area contributed by atoms with Crippen molar-refractivity contribution in [2.24, 2.45) is 0 Å². The smallest absolute Gasteiger partial charge is 0.273 e. The minimum Gasteiger partial charge on any atom is -0.273 e. The van der Waals surface area contributed by atoms with E-state index in [0.717, 1.165) is 14.4 Å². The van der Waals surface area contributed by atoms with Crippen molar-refractivity contribution in [3.05, 3.63) is 87.9 Å². The van der Waals surface area contributed by atoms with Gasteiger partial charge in [0, 0.05) is 11.8 Å². The van der Waals surface area contributed by atoms with E-state index in [9.17, 15) is 17.6 Å². The summed E-state index contributed by atoms with van der Waals surface area (Å²) in [5.74, 6) is -0.131. The lowest BCUT2D eigenvalue weighted by Gasteiger charge is -2.23. The number of fused-ring (bicyclic) bond motifs is 1. The fourth-order valence-electron chi connectivity index (χ4n) is 3.00. The SMILES string of the molecule is Cc1ccc(S(=O)(=O)N(Cc2nc3nc(C)cc(=O)n3[nH]2)c2ccc(F)cc2)cc1. The summed E-state index contributed by atoms with van der Waals surface area (Å²) in [6, 6.07) is 12.9. The van der Waals surface area contributed by atoms with Crippen molar-refractivity contribution < 1.29 is 12.8 Å². The maximum atomic E-state index is 13.4. The van der Waals surface area contributed by atoms with E-state index in [4.69, 9.17) is 0 Å². The molecule has 0 amide bonds. The van der Waals surface area contributed by atoms with Gasteiger partial charge in [0.2, 0.25) is 0 Å². The van der Waals surface area contributed by atoms with Crippen LogP contribution in [0, 0.1) is 19.7 Å². The molecule has 0 saturated carbocycles. The maximum Gasteiger partial charge on any atom is 0.274 e. The highest BCUT2D eigenvalue weighted by atomic mass is 32.2. The van der Waals surface area contributed by atoms with Crippen molar-refractivity contribution in [1.29, 1.82) is 0 Å². The van der Waals surface area contributed by atoms with E-state index in [1.54, 1.807) is 19.1 Å². The number of anilines is 1. The molecule has 8 nitrogen and oxygen atoms in total. The Balaban J connectivity index is 1.82. The highest BCUT2D eigenvalue weighted by Crippen LogP contribution is 2.26. The molecule has 4 aromatic rings. The van der Waals surface area contributed by atoms with Crippen LogP contribution in [0.1, 0.15) is 17.1 Å². The van der Waals surface area contributed by atoms with Crippen molar-refractivity contribution in [2.75, 3.05) is 4.31 Å². The first-order chi connectivity index (χ1) is 14.2. The largest absolute Gasteiger partial charge is 0.274 e. The normalized spacial score (nSPS) is 11.7. The van der Waals surface area contributed by atoms with E-state index in [2.05, 4.69) is 15.1 Å². The number of benzene rings is 2. The molecule has 154 valence electrons. The van der Waals surface area contributed by atoms with Gasteiger partial charge in [-0.15, -0.1) is 0 Å². The van der Waals surface area contributed by atoms with E-state index in [-0.39, 0.29) is 34.3 Å². The van der Waals surface area contributed by atoms with Gasteiger partial charge >= 0.3 is 0 Å². The van der Waals surface area contributed by atoms with Crippen LogP contribution in [0.5, 0.6) is 0 Å². The number of halogens is 1. The minimum atomic E-state index is -3.99. The van der Waals surface area contributed by atoms with Gasteiger partial charge in [0.05, 0.1) is 17.1 Å². The third-order valence-corrected chi connectivity index (χ3v) is 6.31. The fraction of sp³-hybridized carbons (Fsp3) is 0.150. The van der Waals surface area contributed by atoms with Crippen LogP contribution in [0.3, 0.4) is 0 Å². The molecular weight excluding hydrogens is 409 g/mol. The van der Waals surface area contributed by atoms with Gasteiger partial charge in [-0.1, -0.05) is 17.7 Å². The standard InChI is InChI=1S/C20H18FN5O3S/c1-13-3-9-17(10-4-13)30(28,29)25(16-7-5-15(21)6-8-16)12-18-23-20-22-14(2)11-19(27)26(20)24-18/h3-11H,12H2,1-2H3,(H,22,23,24). The molecule has 0 spiro atoms. The van der Waals surface area contributed by atoms with E-state index in [0.29, 0.717) is 5.69 Å². The predicted molar refractivity (Wildman–Crippen MR) is 109 cm³/mol. The Morgan fingerprint density at radius 1 is 1.03 bits per heavy atom. The van der Waals surface area contributed by atoms with Crippen LogP contribution in [0.4, 0.5) is 10.1 Å². The molecule has 0 atom stereocenters. The summed E-state index contributed by atoms with van der Waals surface area (Å²) in [5.41, 5.74) is 1.32. The maximum absolute atomic E-state index is 13.4. The van der Waals surface area contributed by atoms with Crippen LogP contribution in [0.2, 0.25) is 0 Å². The van der Waals surface area contributed by atoms with Crippen LogP contribution in [-0.2, 0) is 16.6 Å². The average Bonchev–Trinajstić information content (AvgIpc) is 3.10. The summed E-state index contributed by atoms with van der Waals surface area (Å²) < 4.78 is 42.4. The third kappa shape index (κ3) is 3.69. The second kappa shape index (κ2) is 7.38. The van der Waals surface area contributed by atoms with Gasteiger partial charge in [-0.3, -0.25) is 14.2 Å². The molecule has 0 bridgehead atoms. The number of nitrogens with one attached hydrogen (secondary N) is 1. The molecule has 0 aliphatic heterocycles. The lowest BCUT2D eigenvalue weighted by atomic mass is 10.2. The van der Waals surface area contributed by atoms with Crippen molar-refractivity contribution in [3.8, 4) is 0 Å². The molecule has 1 N–H and O–H groups in total. The second-order valence-electron chi connectivity index (χ2n) is 6.84. The Labute approximate surface area is 171 Å². The summed E-state index contributed by atoms with van der Waals surface area (Å²) in [6.07, 6.45) is 0. The molecule has 4 rings (SSSR count). The van der Waals surface area contributed by atoms with Gasteiger partial charge in [0.15, 0.2) is 0 Å². The fourth-order valence-corrected chi connectivity index (χ4v) is 4.43. The Hall–Kier alpha value is -3.53. The Bertz CT molecular complexity index is 1380. The van der Waals surface area contributed by atoms with Gasteiger partial charge in [0.1, 0.15) is 11.6 Å². The summed E-state index contributed by atoms with van der Waals surface area (Å²) in [6.45, 7) is 3.32. The zero-order valence-corrected chi connectivity index (χ0v) is 17.0. The highest BCUT2D eigenvalue weighted by molar-refractivity contribution is 7.92. The van der Waals surface area contributed by atoms with Gasteiger partial charge in [-0.2, -0.15) is 9.50 Å². The van der Waals surface area contributed by atoms with Gasteiger partial charge in [-0.05, 0) is 50.2 Å². The van der Waals surface area contributed by atoms with Crippen LogP contribution in [0.25, 0.3) is 5.78 Å². The molecule has 0 radical (unpaired) electrons. The molecule has 0 unspecified atom stereocenters. The zero-order valence-electron chi connectivity index (χ0n) is 16.2. The number of hydrogen-bond acceptors (Lipinski definition) is 5. The van der Waals surface area contributed by atoms with Gasteiger partial charge in [-0.25, -0.2) is 17.8 Å². The lowest BCUT2D eigenvalue weighted by molar-refractivity contribution is 0.588. The first kappa shape index (κ1) is 19.8. The Morgan fingerprint density at radius 3 is 2.37 bits per heavy atom. The van der Waals surface area contributed by atoms with E-state index >= 15 is 0 Å². The van der Waals surface area contributed by atoms with E-state index < -0.39 is 15.8 Å². The Morgan fingerprint density at radius 2 is 1.70 bits per heavy atom. The monoisotopic (exact) mass is 427 g/mol. The summed E-state index contributed by atoms with van der Waals surface area (Å²) in [5, 5.41) is 2.79. The zero-order chi connectivity index (χ0) is 21.5. The number of hydrogen-bond donors (Lipinski definition) is 1. The molecule has 2 aromatic carbocycles. The summed E-state index contributed by atoms with van der Waals surface area (Å²) in [4.78, 5) is 20.7. The third-order valence-electron chi connectivity index (χ3n) is 4.52. The van der Waals surface area contributed by atoms with Crippen molar-refractivity contribution in [2.45, 2.75) is 25.3 Å². The molecule has 2 heterocycles. The van der Waals surface area contributed by atoms with E-state index in [1.807, 2.05) is 6.92 Å². The van der Waals surface area contributed by atoms with E-state index in [1.165, 1.54) is 42.5 Å². The van der Waals surface area contributed by atoms with Crippen LogP contribution in [0.15, 0.2) is 64.3 Å². The average molecular weight is 427 g/mol. The number of aromatic amines is 1. The van der Waals surface area contributed by atoms with Crippen molar-refractivity contribution in [1.82, 2.24) is 19.6 Å². The molecule has 10 heteroatoms. The highest BCUT2D eigenvalue weighted by Gasteiger charge is 2.26. The van der Waals surface area contributed by atoms with Crippen LogP contribution >= 0.6 is 0 Å². The van der Waals surface area contributed by atoms with Crippen molar-refractivity contribution >= 4 is 21.5 Å². The molecule has 0 fully saturated rings. The summed E-state index contributed by atoms with van der Waals surface area (Å²) in [7, 11) is -3.99. The molecule has 0 saturated heterocycles. The van der Waals surface area contributed by atoms with Crippen LogP contribution in [-0.4, -0.2) is 28.0 Å². The number of nitrogens with zero attached hydrogens (tertiary/aromatic N) is 4. The molecule has 2 aromatic heterocycles. The second-order valence-corrected chi connectivity index (χ2v) is 8.70. The minimum absolute atomic E-state index is 0.0830. The predicted octanol–water partition coefficient (Wildman–Crippen LogP) is 2.57. The lowest BCUT2D eigenvalue weighted by Crippen LogP contribution is -2.31. The quantitative estimate of drug-likeness (QED) is 0.528. The molecular formula is C20H18FN5O3S.